The molecule has 0 aromatic rings. The number of nitrogens with zero attached hydrogens (tertiary/aromatic N) is 2. The van der Waals surface area contributed by atoms with Crippen LogP contribution in [0.4, 0.5) is 0 Å². The summed E-state index contributed by atoms with van der Waals surface area (Å²) in [5.41, 5.74) is 4.83. The van der Waals surface area contributed by atoms with E-state index in [1.54, 1.807) is 6.19 Å². The number of primary amides is 1. The fraction of sp³-hybridized carbons (Fsp3) is 0.500. The Morgan fingerprint density at radius 3 is 2.83 bits per heavy atom. The zero-order valence-corrected chi connectivity index (χ0v) is 6.40. The van der Waals surface area contributed by atoms with Crippen molar-refractivity contribution < 1.29 is 14.3 Å². The molecule has 0 aromatic carbocycles. The summed E-state index contributed by atoms with van der Waals surface area (Å²) < 4.78 is 4.32. The minimum absolute atomic E-state index is 0.0737. The van der Waals surface area contributed by atoms with E-state index in [9.17, 15) is 9.59 Å². The number of hydrogen-bond donors (Lipinski definition) is 1. The van der Waals surface area contributed by atoms with Crippen molar-refractivity contribution in [1.29, 1.82) is 5.26 Å². The van der Waals surface area contributed by atoms with E-state index in [-0.39, 0.29) is 26.2 Å². The second-order valence-electron chi connectivity index (χ2n) is 1.95. The van der Waals surface area contributed by atoms with Gasteiger partial charge < -0.3 is 10.5 Å². The van der Waals surface area contributed by atoms with Crippen LogP contribution >= 0.6 is 0 Å². The Hall–Kier alpha value is -1.77. The number of nitrogens with two attached hydrogens (primary N) is 1. The second-order valence-corrected chi connectivity index (χ2v) is 1.95. The topological polar surface area (TPSA) is 96.4 Å². The summed E-state index contributed by atoms with van der Waals surface area (Å²) in [5.74, 6) is -0.595. The molecule has 0 unspecified atom stereocenters. The average molecular weight is 171 g/mol. The predicted molar refractivity (Wildman–Crippen MR) is 38.4 cm³/mol. The molecule has 6 heteroatoms. The number of carbonyl (C=O) groups is 2. The normalized spacial score (nSPS) is 8.25. The molecule has 66 valence electrons. The summed E-state index contributed by atoms with van der Waals surface area (Å²) in [7, 11) is 0. The van der Waals surface area contributed by atoms with E-state index in [1.807, 2.05) is 0 Å². The lowest BCUT2D eigenvalue weighted by atomic mass is 10.5. The van der Waals surface area contributed by atoms with Gasteiger partial charge in [-0.1, -0.05) is 0 Å². The highest BCUT2D eigenvalue weighted by atomic mass is 16.5. The zero-order chi connectivity index (χ0) is 9.40. The minimum atomic E-state index is -0.595. The lowest BCUT2D eigenvalue weighted by Crippen LogP contribution is -2.32. The fourth-order valence-electron chi connectivity index (χ4n) is 0.564. The van der Waals surface area contributed by atoms with E-state index in [0.717, 1.165) is 4.90 Å². The Labute approximate surface area is 69.5 Å². The van der Waals surface area contributed by atoms with Crippen LogP contribution in [-0.4, -0.2) is 37.0 Å². The van der Waals surface area contributed by atoms with Crippen LogP contribution in [0.15, 0.2) is 0 Å². The van der Waals surface area contributed by atoms with Gasteiger partial charge in [0.25, 0.3) is 6.47 Å². The van der Waals surface area contributed by atoms with Gasteiger partial charge in [0.05, 0.1) is 6.54 Å². The highest BCUT2D eigenvalue weighted by molar-refractivity contribution is 5.76. The smallest absolute Gasteiger partial charge is 0.293 e. The molecule has 6 nitrogen and oxygen atoms in total. The van der Waals surface area contributed by atoms with E-state index in [4.69, 9.17) is 11.0 Å². The maximum absolute atomic E-state index is 10.3. The first-order chi connectivity index (χ1) is 5.70. The SMILES string of the molecule is N#CN(CCOC=O)CC(N)=O. The summed E-state index contributed by atoms with van der Waals surface area (Å²) in [6.07, 6.45) is 1.73. The third-order valence-corrected chi connectivity index (χ3v) is 1.04. The first-order valence-electron chi connectivity index (χ1n) is 3.19. The molecule has 0 radical (unpaired) electrons. The molecule has 0 heterocycles. The van der Waals surface area contributed by atoms with Crippen molar-refractivity contribution in [2.24, 2.45) is 5.73 Å². The van der Waals surface area contributed by atoms with Gasteiger partial charge in [0, 0.05) is 0 Å². The molecule has 0 spiro atoms. The number of rotatable bonds is 6. The highest BCUT2D eigenvalue weighted by Gasteiger charge is 2.04. The minimum Gasteiger partial charge on any atom is -0.466 e. The van der Waals surface area contributed by atoms with E-state index in [1.165, 1.54) is 0 Å². The third-order valence-electron chi connectivity index (χ3n) is 1.04. The third kappa shape index (κ3) is 5.05. The van der Waals surface area contributed by atoms with Crippen LogP contribution in [0.1, 0.15) is 0 Å². The molecule has 0 aliphatic carbocycles. The summed E-state index contributed by atoms with van der Waals surface area (Å²) in [6.45, 7) is 0.376. The van der Waals surface area contributed by atoms with Gasteiger partial charge in [0.1, 0.15) is 13.2 Å². The Balaban J connectivity index is 3.62. The fourth-order valence-corrected chi connectivity index (χ4v) is 0.564. The molecule has 0 fully saturated rings. The largest absolute Gasteiger partial charge is 0.466 e. The van der Waals surface area contributed by atoms with Gasteiger partial charge in [-0.05, 0) is 0 Å². The van der Waals surface area contributed by atoms with Crippen molar-refractivity contribution in [1.82, 2.24) is 4.90 Å². The molecule has 0 aromatic heterocycles. The standard InChI is InChI=1S/C6H9N3O3/c7-4-9(3-6(8)11)1-2-12-5-10/h5H,1-3H2,(H2,8,11). The number of ether oxygens (including phenoxy) is 1. The molecule has 0 bridgehead atoms. The zero-order valence-electron chi connectivity index (χ0n) is 6.40. The summed E-state index contributed by atoms with van der Waals surface area (Å²) in [4.78, 5) is 21.1. The molecule has 0 aliphatic heterocycles. The maximum atomic E-state index is 10.3. The number of hydrogen-bond acceptors (Lipinski definition) is 5. The molecule has 0 saturated heterocycles. The molecule has 0 rings (SSSR count). The number of carbonyl (C=O) groups excluding carboxylic acids is 2. The van der Waals surface area contributed by atoms with Crippen LogP contribution in [0.2, 0.25) is 0 Å². The Bertz CT molecular complexity index is 199. The molecule has 0 saturated carbocycles. The lowest BCUT2D eigenvalue weighted by Gasteiger charge is -2.11. The van der Waals surface area contributed by atoms with Crippen LogP contribution in [0, 0.1) is 11.5 Å². The monoisotopic (exact) mass is 171 g/mol. The second kappa shape index (κ2) is 5.97. The van der Waals surface area contributed by atoms with E-state index in [2.05, 4.69) is 4.74 Å². The van der Waals surface area contributed by atoms with Crippen molar-refractivity contribution in [3.05, 3.63) is 0 Å². The summed E-state index contributed by atoms with van der Waals surface area (Å²) >= 11 is 0. The molecular formula is C6H9N3O3. The van der Waals surface area contributed by atoms with Gasteiger partial charge in [-0.2, -0.15) is 5.26 Å². The van der Waals surface area contributed by atoms with Gasteiger partial charge in [0.15, 0.2) is 6.19 Å². The Morgan fingerprint density at radius 2 is 2.42 bits per heavy atom. The average Bonchev–Trinajstić information content (AvgIpc) is 2.02. The van der Waals surface area contributed by atoms with Gasteiger partial charge >= 0.3 is 0 Å². The number of amides is 1. The highest BCUT2D eigenvalue weighted by Crippen LogP contribution is 1.83. The van der Waals surface area contributed by atoms with Crippen LogP contribution in [0.5, 0.6) is 0 Å². The van der Waals surface area contributed by atoms with Gasteiger partial charge in [-0.25, -0.2) is 0 Å². The van der Waals surface area contributed by atoms with Crippen molar-refractivity contribution in [3.8, 4) is 6.19 Å². The molecule has 2 N–H and O–H groups in total. The summed E-state index contributed by atoms with van der Waals surface area (Å²) in [6, 6.07) is 0. The van der Waals surface area contributed by atoms with Crippen molar-refractivity contribution >= 4 is 12.4 Å². The van der Waals surface area contributed by atoms with Gasteiger partial charge in [-0.15, -0.1) is 0 Å². The predicted octanol–water partition coefficient (Wildman–Crippen LogP) is -1.57. The van der Waals surface area contributed by atoms with Crippen molar-refractivity contribution in [2.45, 2.75) is 0 Å². The van der Waals surface area contributed by atoms with Crippen molar-refractivity contribution in [2.75, 3.05) is 19.7 Å². The molecule has 12 heavy (non-hydrogen) atoms. The van der Waals surface area contributed by atoms with Gasteiger partial charge in [-0.3, -0.25) is 14.5 Å². The van der Waals surface area contributed by atoms with Crippen LogP contribution < -0.4 is 5.73 Å². The van der Waals surface area contributed by atoms with E-state index in [0.29, 0.717) is 0 Å². The van der Waals surface area contributed by atoms with Gasteiger partial charge in [0.2, 0.25) is 5.91 Å². The van der Waals surface area contributed by atoms with Crippen molar-refractivity contribution in [3.63, 3.8) is 0 Å². The van der Waals surface area contributed by atoms with E-state index < -0.39 is 5.91 Å². The molecule has 1 amide bonds. The first kappa shape index (κ1) is 10.2. The summed E-state index contributed by atoms with van der Waals surface area (Å²) in [5, 5.41) is 8.40. The molecule has 0 atom stereocenters. The Kier molecular flexibility index (Phi) is 5.09. The number of nitriles is 1. The lowest BCUT2D eigenvalue weighted by molar-refractivity contribution is -0.128. The van der Waals surface area contributed by atoms with Crippen LogP contribution in [0.25, 0.3) is 0 Å². The maximum Gasteiger partial charge on any atom is 0.293 e. The molecular weight excluding hydrogens is 162 g/mol. The van der Waals surface area contributed by atoms with E-state index >= 15 is 0 Å². The Morgan fingerprint density at radius 1 is 1.75 bits per heavy atom. The van der Waals surface area contributed by atoms with Crippen LogP contribution in [0.3, 0.4) is 0 Å². The van der Waals surface area contributed by atoms with Crippen LogP contribution in [-0.2, 0) is 14.3 Å². The molecule has 0 aliphatic rings. The quantitative estimate of drug-likeness (QED) is 0.225. The first-order valence-corrected chi connectivity index (χ1v) is 3.19.